The van der Waals surface area contributed by atoms with Crippen molar-refractivity contribution < 1.29 is 4.79 Å². The lowest BCUT2D eigenvalue weighted by molar-refractivity contribution is -0.140. The zero-order valence-electron chi connectivity index (χ0n) is 13.8. The molecule has 3 rings (SSSR count). The molecule has 0 saturated carbocycles. The zero-order chi connectivity index (χ0) is 16.3. The Morgan fingerprint density at radius 2 is 2.09 bits per heavy atom. The smallest absolute Gasteiger partial charge is 0.229 e. The van der Waals surface area contributed by atoms with Crippen LogP contribution in [0.2, 0.25) is 0 Å². The highest BCUT2D eigenvalue weighted by atomic mass is 32.1. The van der Waals surface area contributed by atoms with Gasteiger partial charge in [0.2, 0.25) is 5.91 Å². The number of amides is 1. The van der Waals surface area contributed by atoms with Crippen LogP contribution in [0.5, 0.6) is 0 Å². The molecule has 1 aliphatic rings. The van der Waals surface area contributed by atoms with Crippen molar-refractivity contribution in [2.45, 2.75) is 19.3 Å². The summed E-state index contributed by atoms with van der Waals surface area (Å²) in [5.41, 5.74) is 2.21. The molecule has 122 valence electrons. The van der Waals surface area contributed by atoms with Crippen molar-refractivity contribution >= 4 is 17.2 Å². The highest BCUT2D eigenvalue weighted by molar-refractivity contribution is 7.13. The molecular formula is C19H24N2OS. The van der Waals surface area contributed by atoms with Crippen LogP contribution >= 0.6 is 11.3 Å². The van der Waals surface area contributed by atoms with Crippen LogP contribution in [0.1, 0.15) is 18.4 Å². The van der Waals surface area contributed by atoms with E-state index in [9.17, 15) is 4.79 Å². The van der Waals surface area contributed by atoms with Crippen LogP contribution in [0.25, 0.3) is 10.4 Å². The fourth-order valence-corrected chi connectivity index (χ4v) is 4.35. The lowest BCUT2D eigenvalue weighted by atomic mass is 9.74. The van der Waals surface area contributed by atoms with Crippen molar-refractivity contribution in [3.8, 4) is 10.4 Å². The van der Waals surface area contributed by atoms with Gasteiger partial charge in [-0.15, -0.1) is 11.3 Å². The first-order chi connectivity index (χ1) is 11.1. The molecule has 0 bridgehead atoms. The van der Waals surface area contributed by atoms with E-state index in [1.807, 2.05) is 14.1 Å². The second-order valence-corrected chi connectivity index (χ2v) is 7.52. The lowest BCUT2D eigenvalue weighted by Crippen LogP contribution is -2.51. The maximum Gasteiger partial charge on any atom is 0.229 e. The summed E-state index contributed by atoms with van der Waals surface area (Å²) in [6, 6.07) is 12.7. The second kappa shape index (κ2) is 6.85. The summed E-state index contributed by atoms with van der Waals surface area (Å²) < 4.78 is 0. The minimum absolute atomic E-state index is 0.241. The summed E-state index contributed by atoms with van der Waals surface area (Å²) in [7, 11) is 3.73. The number of hydrogen-bond acceptors (Lipinski definition) is 3. The fraction of sp³-hybridized carbons (Fsp3) is 0.421. The summed E-state index contributed by atoms with van der Waals surface area (Å²) in [6.45, 7) is 1.78. The molecular weight excluding hydrogens is 304 g/mol. The number of benzene rings is 1. The van der Waals surface area contributed by atoms with E-state index in [1.54, 1.807) is 16.2 Å². The van der Waals surface area contributed by atoms with Crippen molar-refractivity contribution in [3.63, 3.8) is 0 Å². The first-order valence-electron chi connectivity index (χ1n) is 8.17. The van der Waals surface area contributed by atoms with Crippen LogP contribution in [0.15, 0.2) is 41.8 Å². The third-order valence-corrected chi connectivity index (χ3v) is 5.57. The predicted molar refractivity (Wildman–Crippen MR) is 96.7 cm³/mol. The summed E-state index contributed by atoms with van der Waals surface area (Å²) in [6.07, 6.45) is 2.81. The quantitative estimate of drug-likeness (QED) is 0.933. The van der Waals surface area contributed by atoms with Gasteiger partial charge in [-0.05, 0) is 48.4 Å². The molecule has 0 unspecified atom stereocenters. The van der Waals surface area contributed by atoms with Gasteiger partial charge in [0.15, 0.2) is 0 Å². The first-order valence-corrected chi connectivity index (χ1v) is 9.05. The van der Waals surface area contributed by atoms with Crippen LogP contribution in [0.4, 0.5) is 0 Å². The largest absolute Gasteiger partial charge is 0.348 e. The molecule has 1 aromatic carbocycles. The Kier molecular flexibility index (Phi) is 4.83. The number of nitrogens with one attached hydrogen (secondary N) is 1. The normalized spacial score (nSPS) is 21.1. The third-order valence-electron chi connectivity index (χ3n) is 4.66. The van der Waals surface area contributed by atoms with E-state index in [-0.39, 0.29) is 11.3 Å². The van der Waals surface area contributed by atoms with Gasteiger partial charge < -0.3 is 10.2 Å². The van der Waals surface area contributed by atoms with Crippen molar-refractivity contribution in [1.29, 1.82) is 0 Å². The molecule has 0 spiro atoms. The average molecular weight is 328 g/mol. The molecule has 1 fully saturated rings. The first kappa shape index (κ1) is 16.2. The van der Waals surface area contributed by atoms with Gasteiger partial charge in [-0.1, -0.05) is 30.3 Å². The number of piperidine rings is 1. The van der Waals surface area contributed by atoms with E-state index in [0.717, 1.165) is 32.4 Å². The Balaban J connectivity index is 1.97. The van der Waals surface area contributed by atoms with Gasteiger partial charge in [-0.2, -0.15) is 0 Å². The predicted octanol–water partition coefficient (Wildman–Crippen LogP) is 3.42. The van der Waals surface area contributed by atoms with E-state index < -0.39 is 0 Å². The molecule has 4 heteroatoms. The summed E-state index contributed by atoms with van der Waals surface area (Å²) in [4.78, 5) is 15.9. The molecule has 1 aliphatic heterocycles. The minimum Gasteiger partial charge on any atom is -0.348 e. The zero-order valence-corrected chi connectivity index (χ0v) is 14.7. The van der Waals surface area contributed by atoms with Crippen LogP contribution in [-0.2, 0) is 11.2 Å². The van der Waals surface area contributed by atoms with Crippen LogP contribution < -0.4 is 5.32 Å². The molecule has 0 aliphatic carbocycles. The molecule has 2 heterocycles. The lowest BCUT2D eigenvalue weighted by Gasteiger charge is -2.38. The molecule has 0 radical (unpaired) electrons. The highest BCUT2D eigenvalue weighted by Crippen LogP contribution is 2.36. The van der Waals surface area contributed by atoms with Gasteiger partial charge in [0, 0.05) is 25.5 Å². The minimum atomic E-state index is -0.324. The van der Waals surface area contributed by atoms with Gasteiger partial charge in [0.1, 0.15) is 0 Å². The Hall–Kier alpha value is -1.65. The number of nitrogens with zero attached hydrogens (tertiary/aromatic N) is 1. The maximum absolute atomic E-state index is 12.9. The molecule has 1 saturated heterocycles. The Morgan fingerprint density at radius 3 is 2.74 bits per heavy atom. The van der Waals surface area contributed by atoms with E-state index in [0.29, 0.717) is 0 Å². The Bertz CT molecular complexity index is 658. The van der Waals surface area contributed by atoms with E-state index in [4.69, 9.17) is 0 Å². The number of thiophene rings is 1. The molecule has 1 aromatic heterocycles. The van der Waals surface area contributed by atoms with Crippen molar-refractivity contribution in [2.75, 3.05) is 27.2 Å². The van der Waals surface area contributed by atoms with E-state index in [2.05, 4.69) is 47.1 Å². The summed E-state index contributed by atoms with van der Waals surface area (Å²) in [5.74, 6) is 0.241. The second-order valence-electron chi connectivity index (χ2n) is 6.57. The van der Waals surface area contributed by atoms with Gasteiger partial charge in [-0.25, -0.2) is 0 Å². The SMILES string of the molecule is CN(C)C(=O)[C@]1(Cc2ccccc2-c2cccs2)CCCNC1. The van der Waals surface area contributed by atoms with E-state index in [1.165, 1.54) is 16.0 Å². The van der Waals surface area contributed by atoms with Gasteiger partial charge in [-0.3, -0.25) is 4.79 Å². The molecule has 2 aromatic rings. The topological polar surface area (TPSA) is 32.3 Å². The van der Waals surface area contributed by atoms with Gasteiger partial charge >= 0.3 is 0 Å². The van der Waals surface area contributed by atoms with E-state index >= 15 is 0 Å². The van der Waals surface area contributed by atoms with Crippen molar-refractivity contribution in [2.24, 2.45) is 5.41 Å². The molecule has 1 amide bonds. The Labute approximate surface area is 142 Å². The van der Waals surface area contributed by atoms with Crippen molar-refractivity contribution in [1.82, 2.24) is 10.2 Å². The Morgan fingerprint density at radius 1 is 1.26 bits per heavy atom. The maximum atomic E-state index is 12.9. The van der Waals surface area contributed by atoms with Crippen LogP contribution in [-0.4, -0.2) is 38.0 Å². The average Bonchev–Trinajstić information content (AvgIpc) is 3.09. The number of rotatable bonds is 4. The molecule has 1 N–H and O–H groups in total. The third kappa shape index (κ3) is 3.33. The highest BCUT2D eigenvalue weighted by Gasteiger charge is 2.41. The number of carbonyl (C=O) groups is 1. The van der Waals surface area contributed by atoms with Crippen LogP contribution in [0, 0.1) is 5.41 Å². The standard InChI is InChI=1S/C19H24N2OS/c1-21(2)18(22)19(10-6-11-20-14-19)13-15-7-3-4-8-16(15)17-9-5-12-23-17/h3-5,7-9,12,20H,6,10-11,13-14H2,1-2H3/t19-/m0/s1. The molecule has 23 heavy (non-hydrogen) atoms. The summed E-state index contributed by atoms with van der Waals surface area (Å²) in [5, 5.41) is 5.55. The monoisotopic (exact) mass is 328 g/mol. The fourth-order valence-electron chi connectivity index (χ4n) is 3.56. The van der Waals surface area contributed by atoms with Crippen molar-refractivity contribution in [3.05, 3.63) is 47.3 Å². The van der Waals surface area contributed by atoms with Gasteiger partial charge in [0.05, 0.1) is 5.41 Å². The number of hydrogen-bond donors (Lipinski definition) is 1. The molecule has 1 atom stereocenters. The number of carbonyl (C=O) groups excluding carboxylic acids is 1. The summed E-state index contributed by atoms with van der Waals surface area (Å²) >= 11 is 1.75. The van der Waals surface area contributed by atoms with Crippen LogP contribution in [0.3, 0.4) is 0 Å². The van der Waals surface area contributed by atoms with Gasteiger partial charge in [0.25, 0.3) is 0 Å². The molecule has 3 nitrogen and oxygen atoms in total.